The molecule has 28 heavy (non-hydrogen) atoms. The minimum Gasteiger partial charge on any atom is -0.343 e. The van der Waals surface area contributed by atoms with Crippen LogP contribution in [0.5, 0.6) is 0 Å². The van der Waals surface area contributed by atoms with Crippen molar-refractivity contribution < 1.29 is 9.59 Å². The van der Waals surface area contributed by atoms with Crippen LogP contribution in [0.15, 0.2) is 66.9 Å². The molecule has 1 aromatic heterocycles. The summed E-state index contributed by atoms with van der Waals surface area (Å²) in [6.45, 7) is 1.59. The number of nitrogens with zero attached hydrogens (tertiary/aromatic N) is 1. The van der Waals surface area contributed by atoms with E-state index in [0.717, 1.165) is 16.5 Å². The summed E-state index contributed by atoms with van der Waals surface area (Å²) >= 11 is 0. The van der Waals surface area contributed by atoms with E-state index >= 15 is 0 Å². The number of amides is 2. The van der Waals surface area contributed by atoms with Crippen LogP contribution in [-0.4, -0.2) is 28.9 Å². The highest BCUT2D eigenvalue weighted by molar-refractivity contribution is 5.98. The third-order valence-electron chi connectivity index (χ3n) is 4.47. The molecule has 1 heterocycles. The van der Waals surface area contributed by atoms with Gasteiger partial charge in [-0.25, -0.2) is 0 Å². The molecule has 3 aromatic rings. The van der Waals surface area contributed by atoms with Crippen LogP contribution in [0, 0.1) is 0 Å². The highest BCUT2D eigenvalue weighted by atomic mass is 16.2. The van der Waals surface area contributed by atoms with Gasteiger partial charge in [-0.05, 0) is 37.5 Å². The average Bonchev–Trinajstić information content (AvgIpc) is 2.71. The van der Waals surface area contributed by atoms with Gasteiger partial charge in [-0.15, -0.1) is 0 Å². The molecule has 0 spiro atoms. The molecule has 2 amide bonds. The number of nitrogens with two attached hydrogens (primary N) is 1. The second-order valence-corrected chi connectivity index (χ2v) is 6.78. The van der Waals surface area contributed by atoms with Crippen LogP contribution in [0.25, 0.3) is 10.9 Å². The highest BCUT2D eigenvalue weighted by Gasteiger charge is 2.22. The maximum absolute atomic E-state index is 12.8. The normalized spacial score (nSPS) is 12.9. The topological polar surface area (TPSA) is 97.1 Å². The van der Waals surface area contributed by atoms with Crippen LogP contribution < -0.4 is 16.4 Å². The molecule has 0 aliphatic carbocycles. The Kier molecular flexibility index (Phi) is 6.34. The van der Waals surface area contributed by atoms with Gasteiger partial charge in [0.2, 0.25) is 11.8 Å². The number of fused-ring (bicyclic) bond motifs is 1. The van der Waals surface area contributed by atoms with Crippen molar-refractivity contribution in [2.75, 3.05) is 5.32 Å². The largest absolute Gasteiger partial charge is 0.343 e. The van der Waals surface area contributed by atoms with Crippen molar-refractivity contribution in [2.45, 2.75) is 31.8 Å². The quantitative estimate of drug-likeness (QED) is 0.590. The minimum atomic E-state index is -0.690. The Morgan fingerprint density at radius 1 is 1.04 bits per heavy atom. The number of aromatic nitrogens is 1. The fraction of sp³-hybridized carbons (Fsp3) is 0.227. The third-order valence-corrected chi connectivity index (χ3v) is 4.47. The van der Waals surface area contributed by atoms with Crippen molar-refractivity contribution in [1.29, 1.82) is 0 Å². The molecule has 0 radical (unpaired) electrons. The number of pyridine rings is 1. The number of rotatable bonds is 7. The van der Waals surface area contributed by atoms with Gasteiger partial charge in [0.15, 0.2) is 0 Å². The van der Waals surface area contributed by atoms with Crippen molar-refractivity contribution in [2.24, 2.45) is 5.73 Å². The van der Waals surface area contributed by atoms with E-state index in [1.165, 1.54) is 0 Å². The molecule has 4 N–H and O–H groups in total. The first-order valence-corrected chi connectivity index (χ1v) is 9.28. The van der Waals surface area contributed by atoms with Gasteiger partial charge in [0.25, 0.3) is 0 Å². The SMILES string of the molecule is C[C@@H](N)C(=O)N[C@H](CCc1ccccc1)C(=O)Nc1cnc2ccccc2c1. The van der Waals surface area contributed by atoms with E-state index in [1.54, 1.807) is 13.1 Å². The predicted octanol–water partition coefficient (Wildman–Crippen LogP) is 2.64. The molecule has 0 bridgehead atoms. The lowest BCUT2D eigenvalue weighted by molar-refractivity contribution is -0.127. The van der Waals surface area contributed by atoms with Gasteiger partial charge < -0.3 is 16.4 Å². The van der Waals surface area contributed by atoms with E-state index in [4.69, 9.17) is 5.73 Å². The number of anilines is 1. The molecule has 6 heteroatoms. The van der Waals surface area contributed by atoms with Gasteiger partial charge in [0.05, 0.1) is 23.4 Å². The summed E-state index contributed by atoms with van der Waals surface area (Å²) in [4.78, 5) is 29.3. The van der Waals surface area contributed by atoms with E-state index < -0.39 is 12.1 Å². The first kappa shape index (κ1) is 19.5. The summed E-state index contributed by atoms with van der Waals surface area (Å²) in [5, 5.41) is 6.54. The van der Waals surface area contributed by atoms with Crippen molar-refractivity contribution in [1.82, 2.24) is 10.3 Å². The zero-order valence-corrected chi connectivity index (χ0v) is 15.8. The number of benzene rings is 2. The maximum Gasteiger partial charge on any atom is 0.247 e. The van der Waals surface area contributed by atoms with Crippen molar-refractivity contribution in [3.05, 3.63) is 72.4 Å². The number of carbonyl (C=O) groups excluding carboxylic acids is 2. The fourth-order valence-corrected chi connectivity index (χ4v) is 2.90. The third kappa shape index (κ3) is 5.14. The van der Waals surface area contributed by atoms with Gasteiger partial charge in [0, 0.05) is 5.39 Å². The fourth-order valence-electron chi connectivity index (χ4n) is 2.90. The molecule has 6 nitrogen and oxygen atoms in total. The summed E-state index contributed by atoms with van der Waals surface area (Å²) in [6, 6.07) is 18.0. The van der Waals surface area contributed by atoms with Crippen LogP contribution in [0.4, 0.5) is 5.69 Å². The molecule has 0 saturated carbocycles. The number of para-hydroxylation sites is 1. The Bertz CT molecular complexity index is 957. The van der Waals surface area contributed by atoms with Gasteiger partial charge in [0.1, 0.15) is 6.04 Å². The monoisotopic (exact) mass is 376 g/mol. The Labute approximate surface area is 164 Å². The Balaban J connectivity index is 1.72. The van der Waals surface area contributed by atoms with E-state index in [2.05, 4.69) is 15.6 Å². The summed E-state index contributed by atoms with van der Waals surface area (Å²) in [5.74, 6) is -0.646. The lowest BCUT2D eigenvalue weighted by atomic mass is 10.0. The summed E-state index contributed by atoms with van der Waals surface area (Å²) in [5.41, 5.74) is 8.19. The van der Waals surface area contributed by atoms with Crippen LogP contribution >= 0.6 is 0 Å². The zero-order chi connectivity index (χ0) is 19.9. The Morgan fingerprint density at radius 2 is 1.75 bits per heavy atom. The zero-order valence-electron chi connectivity index (χ0n) is 15.8. The number of hydrogen-bond donors (Lipinski definition) is 3. The van der Waals surface area contributed by atoms with E-state index in [0.29, 0.717) is 18.5 Å². The van der Waals surface area contributed by atoms with Crippen LogP contribution in [-0.2, 0) is 16.0 Å². The minimum absolute atomic E-state index is 0.290. The highest BCUT2D eigenvalue weighted by Crippen LogP contribution is 2.16. The lowest BCUT2D eigenvalue weighted by Crippen LogP contribution is -2.49. The number of aryl methyl sites for hydroxylation is 1. The standard InChI is InChI=1S/C22H24N4O2/c1-15(23)21(27)26-20(12-11-16-7-3-2-4-8-16)22(28)25-18-13-17-9-5-6-10-19(17)24-14-18/h2-10,13-15,20H,11-12,23H2,1H3,(H,25,28)(H,26,27)/t15-,20-/m1/s1. The van der Waals surface area contributed by atoms with Crippen molar-refractivity contribution >= 4 is 28.4 Å². The molecule has 0 aliphatic rings. The number of nitrogens with one attached hydrogen (secondary N) is 2. The first-order chi connectivity index (χ1) is 13.5. The smallest absolute Gasteiger partial charge is 0.247 e. The molecule has 2 aromatic carbocycles. The van der Waals surface area contributed by atoms with Gasteiger partial charge in [-0.1, -0.05) is 48.5 Å². The predicted molar refractivity (Wildman–Crippen MR) is 111 cm³/mol. The molecule has 0 aliphatic heterocycles. The van der Waals surface area contributed by atoms with Crippen LogP contribution in [0.3, 0.4) is 0 Å². The molecule has 144 valence electrons. The Morgan fingerprint density at radius 3 is 2.50 bits per heavy atom. The van der Waals surface area contributed by atoms with Crippen LogP contribution in [0.2, 0.25) is 0 Å². The number of carbonyl (C=O) groups is 2. The second-order valence-electron chi connectivity index (χ2n) is 6.78. The second kappa shape index (κ2) is 9.10. The van der Waals surface area contributed by atoms with E-state index in [-0.39, 0.29) is 11.8 Å². The summed E-state index contributed by atoms with van der Waals surface area (Å²) in [7, 11) is 0. The average molecular weight is 376 g/mol. The molecule has 0 fully saturated rings. The van der Waals surface area contributed by atoms with Gasteiger partial charge >= 0.3 is 0 Å². The summed E-state index contributed by atoms with van der Waals surface area (Å²) < 4.78 is 0. The molecule has 2 atom stereocenters. The van der Waals surface area contributed by atoms with E-state index in [9.17, 15) is 9.59 Å². The maximum atomic E-state index is 12.8. The first-order valence-electron chi connectivity index (χ1n) is 9.28. The van der Waals surface area contributed by atoms with Gasteiger partial charge in [-0.3, -0.25) is 14.6 Å². The van der Waals surface area contributed by atoms with Crippen molar-refractivity contribution in [3.63, 3.8) is 0 Å². The van der Waals surface area contributed by atoms with E-state index in [1.807, 2.05) is 60.7 Å². The van der Waals surface area contributed by atoms with Crippen LogP contribution in [0.1, 0.15) is 18.9 Å². The Hall–Kier alpha value is -3.25. The lowest BCUT2D eigenvalue weighted by Gasteiger charge is -2.20. The molecule has 3 rings (SSSR count). The van der Waals surface area contributed by atoms with Crippen molar-refractivity contribution in [3.8, 4) is 0 Å². The molecule has 0 saturated heterocycles. The van der Waals surface area contributed by atoms with Gasteiger partial charge in [-0.2, -0.15) is 0 Å². The number of hydrogen-bond acceptors (Lipinski definition) is 4. The summed E-state index contributed by atoms with van der Waals surface area (Å²) in [6.07, 6.45) is 2.74. The molecule has 0 unspecified atom stereocenters. The molecular weight excluding hydrogens is 352 g/mol. The molecular formula is C22H24N4O2.